The van der Waals surface area contributed by atoms with E-state index in [0.29, 0.717) is 18.1 Å². The monoisotopic (exact) mass is 421 g/mol. The van der Waals surface area contributed by atoms with Crippen molar-refractivity contribution >= 4 is 36.4 Å². The van der Waals surface area contributed by atoms with Gasteiger partial charge in [0, 0.05) is 30.3 Å². The summed E-state index contributed by atoms with van der Waals surface area (Å²) in [5.41, 5.74) is 6.63. The van der Waals surface area contributed by atoms with E-state index in [2.05, 4.69) is 24.1 Å². The van der Waals surface area contributed by atoms with Crippen LogP contribution in [-0.2, 0) is 4.79 Å². The van der Waals surface area contributed by atoms with E-state index in [0.717, 1.165) is 44.6 Å². The number of carbonyl (C=O) groups is 1. The number of carbonyl (C=O) groups excluding carboxylic acids is 1. The van der Waals surface area contributed by atoms with Gasteiger partial charge in [0.2, 0.25) is 5.91 Å². The minimum Gasteiger partial charge on any atom is -0.493 e. The Labute approximate surface area is 175 Å². The molecule has 1 fully saturated rings. The molecular weight excluding hydrogens is 389 g/mol. The van der Waals surface area contributed by atoms with E-state index in [4.69, 9.17) is 15.2 Å². The van der Waals surface area contributed by atoms with Crippen LogP contribution >= 0.6 is 24.8 Å². The van der Waals surface area contributed by atoms with Crippen molar-refractivity contribution in [3.63, 3.8) is 0 Å². The number of halogens is 2. The van der Waals surface area contributed by atoms with Gasteiger partial charge in [-0.05, 0) is 44.5 Å². The zero-order valence-electron chi connectivity index (χ0n) is 16.4. The molecule has 0 heterocycles. The number of hydrogen-bond acceptors (Lipinski definition) is 5. The second kappa shape index (κ2) is 13.0. The zero-order chi connectivity index (χ0) is 18.2. The maximum atomic E-state index is 12.4. The molecule has 0 aliphatic heterocycles. The average Bonchev–Trinajstić information content (AvgIpc) is 3.05. The standard InChI is InChI=1S/C19H31N3O3.2ClH/c1-4-22(5-2)10-11-25-18-13-16(8-9-17(18)24-3)21-19(23)14-6-7-15(20)12-14;;/h8-9,13-15H,4-7,10-12,20H2,1-3H3,(H,21,23);2*1H. The molecule has 1 aromatic rings. The normalized spacial score (nSPS) is 18.4. The lowest BCUT2D eigenvalue weighted by Gasteiger charge is -2.19. The Balaban J connectivity index is 0.00000338. The van der Waals surface area contributed by atoms with Crippen LogP contribution in [0, 0.1) is 5.92 Å². The van der Waals surface area contributed by atoms with Crippen molar-refractivity contribution in [1.29, 1.82) is 0 Å². The van der Waals surface area contributed by atoms with Crippen LogP contribution in [0.25, 0.3) is 0 Å². The number of rotatable bonds is 9. The first-order chi connectivity index (χ1) is 12.1. The van der Waals surface area contributed by atoms with E-state index in [1.807, 2.05) is 18.2 Å². The van der Waals surface area contributed by atoms with Crippen LogP contribution < -0.4 is 20.5 Å². The molecule has 6 nitrogen and oxygen atoms in total. The van der Waals surface area contributed by atoms with E-state index in [-0.39, 0.29) is 42.7 Å². The molecule has 2 rings (SSSR count). The van der Waals surface area contributed by atoms with Crippen molar-refractivity contribution < 1.29 is 14.3 Å². The van der Waals surface area contributed by atoms with Gasteiger partial charge in [-0.25, -0.2) is 0 Å². The Morgan fingerprint density at radius 1 is 1.22 bits per heavy atom. The summed E-state index contributed by atoms with van der Waals surface area (Å²) in [5.74, 6) is 1.35. The van der Waals surface area contributed by atoms with Gasteiger partial charge < -0.3 is 25.4 Å². The van der Waals surface area contributed by atoms with Crippen molar-refractivity contribution in [1.82, 2.24) is 4.90 Å². The highest BCUT2D eigenvalue weighted by atomic mass is 35.5. The Bertz CT molecular complexity index is 571. The average molecular weight is 422 g/mol. The molecule has 1 aliphatic rings. The van der Waals surface area contributed by atoms with E-state index < -0.39 is 0 Å². The molecule has 1 aromatic carbocycles. The van der Waals surface area contributed by atoms with E-state index in [9.17, 15) is 4.79 Å². The highest BCUT2D eigenvalue weighted by Gasteiger charge is 2.27. The predicted molar refractivity (Wildman–Crippen MR) is 115 cm³/mol. The maximum absolute atomic E-state index is 12.4. The number of anilines is 1. The number of likely N-dealkylation sites (N-methyl/N-ethyl adjacent to an activating group) is 1. The largest absolute Gasteiger partial charge is 0.493 e. The van der Waals surface area contributed by atoms with Crippen LogP contribution in [0.3, 0.4) is 0 Å². The number of ether oxygens (including phenoxy) is 2. The summed E-state index contributed by atoms with van der Waals surface area (Å²) in [5, 5.41) is 2.98. The summed E-state index contributed by atoms with van der Waals surface area (Å²) < 4.78 is 11.3. The molecule has 0 aromatic heterocycles. The molecule has 8 heteroatoms. The van der Waals surface area contributed by atoms with Gasteiger partial charge in [0.1, 0.15) is 6.61 Å². The molecule has 0 saturated heterocycles. The number of benzene rings is 1. The summed E-state index contributed by atoms with van der Waals surface area (Å²) in [6, 6.07) is 5.63. The van der Waals surface area contributed by atoms with Crippen molar-refractivity contribution in [3.05, 3.63) is 18.2 Å². The fourth-order valence-electron chi connectivity index (χ4n) is 3.19. The molecule has 1 aliphatic carbocycles. The second-order valence-corrected chi connectivity index (χ2v) is 6.50. The van der Waals surface area contributed by atoms with Gasteiger partial charge in [-0.15, -0.1) is 24.8 Å². The number of nitrogens with one attached hydrogen (secondary N) is 1. The van der Waals surface area contributed by atoms with Crippen LogP contribution in [0.5, 0.6) is 11.5 Å². The first kappa shape index (κ1) is 25.8. The molecule has 0 spiro atoms. The summed E-state index contributed by atoms with van der Waals surface area (Å²) in [6.45, 7) is 7.69. The minimum atomic E-state index is 0. The van der Waals surface area contributed by atoms with Gasteiger partial charge in [-0.2, -0.15) is 0 Å². The molecule has 3 N–H and O–H groups in total. The van der Waals surface area contributed by atoms with Crippen molar-refractivity contribution in [2.24, 2.45) is 11.7 Å². The van der Waals surface area contributed by atoms with Gasteiger partial charge in [0.15, 0.2) is 11.5 Å². The van der Waals surface area contributed by atoms with Gasteiger partial charge >= 0.3 is 0 Å². The van der Waals surface area contributed by atoms with Crippen LogP contribution in [0.15, 0.2) is 18.2 Å². The highest BCUT2D eigenvalue weighted by Crippen LogP contribution is 2.31. The third-order valence-corrected chi connectivity index (χ3v) is 4.83. The van der Waals surface area contributed by atoms with Crippen molar-refractivity contribution in [2.45, 2.75) is 39.2 Å². The molecule has 156 valence electrons. The Kier molecular flexibility index (Phi) is 12.5. The number of methoxy groups -OCH3 is 1. The number of nitrogens with two attached hydrogens (primary N) is 1. The smallest absolute Gasteiger partial charge is 0.227 e. The summed E-state index contributed by atoms with van der Waals surface area (Å²) in [7, 11) is 1.62. The number of amides is 1. The Morgan fingerprint density at radius 2 is 1.93 bits per heavy atom. The highest BCUT2D eigenvalue weighted by molar-refractivity contribution is 5.93. The van der Waals surface area contributed by atoms with E-state index >= 15 is 0 Å². The van der Waals surface area contributed by atoms with Gasteiger partial charge in [0.05, 0.1) is 7.11 Å². The van der Waals surface area contributed by atoms with Crippen LogP contribution in [0.1, 0.15) is 33.1 Å². The predicted octanol–water partition coefficient (Wildman–Crippen LogP) is 3.33. The lowest BCUT2D eigenvalue weighted by molar-refractivity contribution is -0.119. The molecule has 2 unspecified atom stereocenters. The van der Waals surface area contributed by atoms with E-state index in [1.165, 1.54) is 0 Å². The molecular formula is C19H33Cl2N3O3. The summed E-state index contributed by atoms with van der Waals surface area (Å²) >= 11 is 0. The lowest BCUT2D eigenvalue weighted by Crippen LogP contribution is -2.28. The Morgan fingerprint density at radius 3 is 2.48 bits per heavy atom. The topological polar surface area (TPSA) is 76.8 Å². The van der Waals surface area contributed by atoms with Gasteiger partial charge in [-0.3, -0.25) is 4.79 Å². The van der Waals surface area contributed by atoms with Crippen LogP contribution in [0.2, 0.25) is 0 Å². The van der Waals surface area contributed by atoms with Gasteiger partial charge in [0.25, 0.3) is 0 Å². The lowest BCUT2D eigenvalue weighted by atomic mass is 10.1. The SMILES string of the molecule is CCN(CC)CCOc1cc(NC(=O)C2CCC(N)C2)ccc1OC.Cl.Cl. The van der Waals surface area contributed by atoms with Gasteiger partial charge in [-0.1, -0.05) is 13.8 Å². The Hall–Kier alpha value is -1.21. The number of nitrogens with zero attached hydrogens (tertiary/aromatic N) is 1. The fraction of sp³-hybridized carbons (Fsp3) is 0.632. The zero-order valence-corrected chi connectivity index (χ0v) is 18.0. The molecule has 2 atom stereocenters. The minimum absolute atomic E-state index is 0. The third-order valence-electron chi connectivity index (χ3n) is 4.83. The quantitative estimate of drug-likeness (QED) is 0.639. The third kappa shape index (κ3) is 7.74. The molecule has 1 saturated carbocycles. The summed E-state index contributed by atoms with van der Waals surface area (Å²) in [6.07, 6.45) is 2.53. The van der Waals surface area contributed by atoms with E-state index in [1.54, 1.807) is 7.11 Å². The van der Waals surface area contributed by atoms with Crippen molar-refractivity contribution in [2.75, 3.05) is 38.7 Å². The number of hydrogen-bond donors (Lipinski definition) is 2. The second-order valence-electron chi connectivity index (χ2n) is 6.50. The molecule has 27 heavy (non-hydrogen) atoms. The van der Waals surface area contributed by atoms with Crippen LogP contribution in [-0.4, -0.2) is 50.2 Å². The maximum Gasteiger partial charge on any atom is 0.227 e. The molecule has 1 amide bonds. The molecule has 0 radical (unpaired) electrons. The summed E-state index contributed by atoms with van der Waals surface area (Å²) in [4.78, 5) is 14.7. The first-order valence-corrected chi connectivity index (χ1v) is 9.17. The molecule has 0 bridgehead atoms. The fourth-order valence-corrected chi connectivity index (χ4v) is 3.19. The van der Waals surface area contributed by atoms with Crippen molar-refractivity contribution in [3.8, 4) is 11.5 Å². The van der Waals surface area contributed by atoms with Crippen LogP contribution in [0.4, 0.5) is 5.69 Å². The first-order valence-electron chi connectivity index (χ1n) is 9.17.